The lowest BCUT2D eigenvalue weighted by atomic mass is 10.3. The zero-order valence-corrected chi connectivity index (χ0v) is 12.5. The lowest BCUT2D eigenvalue weighted by Crippen LogP contribution is -2.52. The van der Waals surface area contributed by atoms with Crippen molar-refractivity contribution in [2.75, 3.05) is 45.7 Å². The molecule has 2 rings (SSSR count). The average Bonchev–Trinajstić information content (AvgIpc) is 3.20. The minimum Gasteiger partial charge on any atom is -0.298 e. The predicted molar refractivity (Wildman–Crippen MR) is 73.1 cm³/mol. The third-order valence-corrected chi connectivity index (χ3v) is 5.92. The van der Waals surface area contributed by atoms with Gasteiger partial charge in [0.25, 0.3) is 10.2 Å². The second kappa shape index (κ2) is 6.05. The predicted octanol–water partition coefficient (Wildman–Crippen LogP) is 0.572. The Kier molecular flexibility index (Phi) is 4.88. The standard InChI is InChI=1S/C11H22ClN3O2S/c1-13(6-2-5-12)18(16,17)15-9-7-14(8-10-15)11-3-4-11/h11H,2-10H2,1H3. The fraction of sp³-hybridized carbons (Fsp3) is 1.00. The molecule has 0 N–H and O–H groups in total. The van der Waals surface area contributed by atoms with Gasteiger partial charge in [-0.2, -0.15) is 17.0 Å². The van der Waals surface area contributed by atoms with Crippen LogP contribution in [-0.4, -0.2) is 73.6 Å². The highest BCUT2D eigenvalue weighted by atomic mass is 35.5. The van der Waals surface area contributed by atoms with Crippen LogP contribution < -0.4 is 0 Å². The number of alkyl halides is 1. The van der Waals surface area contributed by atoms with E-state index in [0.717, 1.165) is 19.1 Å². The molecule has 0 atom stereocenters. The number of rotatable bonds is 6. The molecule has 0 aromatic carbocycles. The number of piperazine rings is 1. The van der Waals surface area contributed by atoms with Gasteiger partial charge < -0.3 is 0 Å². The normalized spacial score (nSPS) is 23.7. The van der Waals surface area contributed by atoms with Crippen molar-refractivity contribution in [3.8, 4) is 0 Å². The average molecular weight is 296 g/mol. The fourth-order valence-corrected chi connectivity index (χ4v) is 3.83. The van der Waals surface area contributed by atoms with Crippen molar-refractivity contribution in [1.29, 1.82) is 0 Å². The Morgan fingerprint density at radius 2 is 1.83 bits per heavy atom. The minimum atomic E-state index is -3.28. The van der Waals surface area contributed by atoms with Crippen LogP contribution in [0.4, 0.5) is 0 Å². The third kappa shape index (κ3) is 3.36. The van der Waals surface area contributed by atoms with Gasteiger partial charge in [-0.25, -0.2) is 0 Å². The summed E-state index contributed by atoms with van der Waals surface area (Å²) in [6.45, 7) is 3.46. The summed E-state index contributed by atoms with van der Waals surface area (Å²) in [5.74, 6) is 0.495. The van der Waals surface area contributed by atoms with Crippen LogP contribution in [0.15, 0.2) is 0 Å². The van der Waals surface area contributed by atoms with Crippen LogP contribution in [0.5, 0.6) is 0 Å². The van der Waals surface area contributed by atoms with Gasteiger partial charge in [-0.15, -0.1) is 11.6 Å². The fourth-order valence-electron chi connectivity index (χ4n) is 2.33. The molecule has 0 bridgehead atoms. The van der Waals surface area contributed by atoms with Crippen LogP contribution in [0, 0.1) is 0 Å². The summed E-state index contributed by atoms with van der Waals surface area (Å²) < 4.78 is 27.6. The van der Waals surface area contributed by atoms with Gasteiger partial charge in [0.05, 0.1) is 0 Å². The zero-order chi connectivity index (χ0) is 13.2. The summed E-state index contributed by atoms with van der Waals surface area (Å²) in [6.07, 6.45) is 3.25. The van der Waals surface area contributed by atoms with Gasteiger partial charge in [-0.05, 0) is 19.3 Å². The van der Waals surface area contributed by atoms with Crippen molar-refractivity contribution in [2.24, 2.45) is 0 Å². The Balaban J connectivity index is 1.86. The Labute approximate surface area is 115 Å². The molecule has 1 saturated heterocycles. The van der Waals surface area contributed by atoms with Gasteiger partial charge in [-0.3, -0.25) is 4.90 Å². The molecule has 0 radical (unpaired) electrons. The van der Waals surface area contributed by atoms with Gasteiger partial charge >= 0.3 is 0 Å². The summed E-state index contributed by atoms with van der Waals surface area (Å²) in [7, 11) is -1.65. The molecule has 1 saturated carbocycles. The first-order valence-corrected chi connectivity index (χ1v) is 8.50. The summed E-state index contributed by atoms with van der Waals surface area (Å²) in [4.78, 5) is 2.41. The van der Waals surface area contributed by atoms with Crippen LogP contribution in [0.25, 0.3) is 0 Å². The maximum atomic E-state index is 12.3. The van der Waals surface area contributed by atoms with E-state index >= 15 is 0 Å². The van der Waals surface area contributed by atoms with Crippen molar-refractivity contribution in [3.05, 3.63) is 0 Å². The van der Waals surface area contributed by atoms with Crippen molar-refractivity contribution >= 4 is 21.8 Å². The highest BCUT2D eigenvalue weighted by Gasteiger charge is 2.35. The lowest BCUT2D eigenvalue weighted by Gasteiger charge is -2.35. The summed E-state index contributed by atoms with van der Waals surface area (Å²) in [5, 5.41) is 0. The van der Waals surface area contributed by atoms with Gasteiger partial charge in [-0.1, -0.05) is 0 Å². The molecule has 0 aromatic heterocycles. The molecule has 1 heterocycles. The molecule has 1 aliphatic heterocycles. The van der Waals surface area contributed by atoms with E-state index in [-0.39, 0.29) is 0 Å². The Morgan fingerprint density at radius 3 is 2.33 bits per heavy atom. The van der Waals surface area contributed by atoms with Crippen molar-refractivity contribution in [2.45, 2.75) is 25.3 Å². The zero-order valence-electron chi connectivity index (χ0n) is 10.9. The van der Waals surface area contributed by atoms with E-state index in [0.29, 0.717) is 31.9 Å². The van der Waals surface area contributed by atoms with E-state index < -0.39 is 10.2 Å². The maximum absolute atomic E-state index is 12.3. The smallest absolute Gasteiger partial charge is 0.281 e. The van der Waals surface area contributed by atoms with Gasteiger partial charge in [0.15, 0.2) is 0 Å². The molecule has 0 spiro atoms. The molecule has 1 aliphatic carbocycles. The summed E-state index contributed by atoms with van der Waals surface area (Å²) in [6, 6.07) is 0.726. The molecular formula is C11H22ClN3O2S. The molecule has 0 amide bonds. The molecular weight excluding hydrogens is 274 g/mol. The van der Waals surface area contributed by atoms with Crippen LogP contribution in [0.2, 0.25) is 0 Å². The maximum Gasteiger partial charge on any atom is 0.281 e. The molecule has 7 heteroatoms. The largest absolute Gasteiger partial charge is 0.298 e. The molecule has 2 aliphatic rings. The molecule has 106 valence electrons. The van der Waals surface area contributed by atoms with Crippen LogP contribution in [0.3, 0.4) is 0 Å². The molecule has 2 fully saturated rings. The Morgan fingerprint density at radius 1 is 1.22 bits per heavy atom. The van der Waals surface area contributed by atoms with Crippen LogP contribution >= 0.6 is 11.6 Å². The first kappa shape index (κ1) is 14.5. The van der Waals surface area contributed by atoms with Crippen molar-refractivity contribution in [1.82, 2.24) is 13.5 Å². The highest BCUT2D eigenvalue weighted by Crippen LogP contribution is 2.28. The topological polar surface area (TPSA) is 43.9 Å². The Hall–Kier alpha value is 0.120. The SMILES string of the molecule is CN(CCCCl)S(=O)(=O)N1CCN(C2CC2)CC1. The van der Waals surface area contributed by atoms with Gasteiger partial charge in [0.2, 0.25) is 0 Å². The minimum absolute atomic E-state index is 0.495. The van der Waals surface area contributed by atoms with Crippen LogP contribution in [-0.2, 0) is 10.2 Å². The van der Waals surface area contributed by atoms with E-state index in [2.05, 4.69) is 4.90 Å². The summed E-state index contributed by atoms with van der Waals surface area (Å²) in [5.41, 5.74) is 0. The van der Waals surface area contributed by atoms with E-state index in [9.17, 15) is 8.42 Å². The first-order valence-electron chi connectivity index (χ1n) is 6.57. The molecule has 18 heavy (non-hydrogen) atoms. The first-order chi connectivity index (χ1) is 8.55. The molecule has 5 nitrogen and oxygen atoms in total. The number of hydrogen-bond acceptors (Lipinski definition) is 3. The highest BCUT2D eigenvalue weighted by molar-refractivity contribution is 7.86. The number of hydrogen-bond donors (Lipinski definition) is 0. The second-order valence-electron chi connectivity index (χ2n) is 5.04. The third-order valence-electron chi connectivity index (χ3n) is 3.66. The van der Waals surface area contributed by atoms with Crippen molar-refractivity contribution in [3.63, 3.8) is 0 Å². The van der Waals surface area contributed by atoms with Crippen LogP contribution in [0.1, 0.15) is 19.3 Å². The molecule has 0 unspecified atom stereocenters. The lowest BCUT2D eigenvalue weighted by molar-refractivity contribution is 0.175. The van der Waals surface area contributed by atoms with E-state index in [1.807, 2.05) is 0 Å². The van der Waals surface area contributed by atoms with E-state index in [1.54, 1.807) is 11.4 Å². The number of nitrogens with zero attached hydrogens (tertiary/aromatic N) is 3. The molecule has 0 aromatic rings. The second-order valence-corrected chi connectivity index (χ2v) is 7.45. The quantitative estimate of drug-likeness (QED) is 0.673. The number of halogens is 1. The van der Waals surface area contributed by atoms with E-state index in [1.165, 1.54) is 17.1 Å². The van der Waals surface area contributed by atoms with E-state index in [4.69, 9.17) is 11.6 Å². The van der Waals surface area contributed by atoms with Gasteiger partial charge in [0.1, 0.15) is 0 Å². The monoisotopic (exact) mass is 295 g/mol. The van der Waals surface area contributed by atoms with Gasteiger partial charge in [0, 0.05) is 51.7 Å². The Bertz CT molecular complexity index is 364. The van der Waals surface area contributed by atoms with Crippen molar-refractivity contribution < 1.29 is 8.42 Å². The summed E-state index contributed by atoms with van der Waals surface area (Å²) >= 11 is 5.60.